The van der Waals surface area contributed by atoms with E-state index in [1.54, 1.807) is 24.3 Å². The maximum absolute atomic E-state index is 12.3. The Morgan fingerprint density at radius 2 is 2.10 bits per heavy atom. The van der Waals surface area contributed by atoms with Crippen LogP contribution in [0.4, 0.5) is 8.78 Å². The van der Waals surface area contributed by atoms with E-state index in [4.69, 9.17) is 9.57 Å². The second kappa shape index (κ2) is 6.76. The predicted octanol–water partition coefficient (Wildman–Crippen LogP) is 3.15. The van der Waals surface area contributed by atoms with Crippen molar-refractivity contribution in [1.29, 1.82) is 0 Å². The number of alkyl halides is 2. The number of rotatable bonds is 7. The minimum atomic E-state index is -2.64. The van der Waals surface area contributed by atoms with Crippen LogP contribution in [0.15, 0.2) is 24.3 Å². The molecule has 1 aromatic rings. The summed E-state index contributed by atoms with van der Waals surface area (Å²) >= 11 is 0. The number of carbonyl (C=O) groups excluding carboxylic acids is 1. The smallest absolute Gasteiger partial charge is 0.280 e. The van der Waals surface area contributed by atoms with Gasteiger partial charge in [-0.05, 0) is 12.5 Å². The number of benzene rings is 1. The Morgan fingerprint density at radius 1 is 1.35 bits per heavy atom. The largest absolute Gasteiger partial charge is 0.352 e. The van der Waals surface area contributed by atoms with Gasteiger partial charge in [-0.1, -0.05) is 31.5 Å². The van der Waals surface area contributed by atoms with E-state index in [0.717, 1.165) is 17.9 Å². The van der Waals surface area contributed by atoms with Gasteiger partial charge < -0.3 is 4.74 Å². The average Bonchev–Trinajstić information content (AvgIpc) is 2.70. The van der Waals surface area contributed by atoms with Crippen molar-refractivity contribution in [2.75, 3.05) is 13.2 Å². The normalized spacial score (nSPS) is 17.9. The highest BCUT2D eigenvalue weighted by atomic mass is 19.3. The Kier molecular flexibility index (Phi) is 5.03. The molecule has 2 rings (SSSR count). The minimum Gasteiger partial charge on any atom is -0.352 e. The molecule has 0 N–H and O–H groups in total. The zero-order valence-electron chi connectivity index (χ0n) is 11.2. The molecule has 20 heavy (non-hydrogen) atoms. The minimum absolute atomic E-state index is 0.434. The maximum atomic E-state index is 12.3. The van der Waals surface area contributed by atoms with Gasteiger partial charge in [0.1, 0.15) is 6.61 Å². The molecule has 0 radical (unpaired) electrons. The third kappa shape index (κ3) is 3.13. The highest BCUT2D eigenvalue weighted by Gasteiger charge is 2.38. The molecule has 1 aliphatic heterocycles. The van der Waals surface area contributed by atoms with Gasteiger partial charge in [0.2, 0.25) is 0 Å². The number of fused-ring (bicyclic) bond motifs is 1. The lowest BCUT2D eigenvalue weighted by Crippen LogP contribution is -2.31. The summed E-state index contributed by atoms with van der Waals surface area (Å²) in [5, 5.41) is 0.909. The molecule has 6 heteroatoms. The van der Waals surface area contributed by atoms with Crippen LogP contribution in [0.25, 0.3) is 0 Å². The molecule has 0 fully saturated rings. The zero-order valence-corrected chi connectivity index (χ0v) is 11.2. The van der Waals surface area contributed by atoms with E-state index < -0.39 is 25.2 Å². The van der Waals surface area contributed by atoms with Crippen LogP contribution in [0.5, 0.6) is 0 Å². The van der Waals surface area contributed by atoms with E-state index in [1.165, 1.54) is 0 Å². The van der Waals surface area contributed by atoms with E-state index in [2.05, 4.69) is 0 Å². The number of unbranched alkanes of at least 4 members (excludes halogenated alkanes) is 1. The van der Waals surface area contributed by atoms with Gasteiger partial charge in [-0.15, -0.1) is 0 Å². The fourth-order valence-corrected chi connectivity index (χ4v) is 2.02. The van der Waals surface area contributed by atoms with Crippen LogP contribution in [0.1, 0.15) is 41.9 Å². The lowest BCUT2D eigenvalue weighted by atomic mass is 10.1. The third-order valence-corrected chi connectivity index (χ3v) is 2.98. The number of hydrogen-bond acceptors (Lipinski definition) is 3. The quantitative estimate of drug-likeness (QED) is 0.722. The molecule has 0 spiro atoms. The van der Waals surface area contributed by atoms with Gasteiger partial charge in [0.05, 0.1) is 0 Å². The van der Waals surface area contributed by atoms with Gasteiger partial charge in [-0.25, -0.2) is 8.78 Å². The van der Waals surface area contributed by atoms with Crippen molar-refractivity contribution in [1.82, 2.24) is 5.06 Å². The van der Waals surface area contributed by atoms with E-state index in [-0.39, 0.29) is 0 Å². The summed E-state index contributed by atoms with van der Waals surface area (Å²) in [5.41, 5.74) is 1.09. The van der Waals surface area contributed by atoms with Gasteiger partial charge in [0.25, 0.3) is 12.3 Å². The number of hydrogen-bond donors (Lipinski definition) is 0. The van der Waals surface area contributed by atoms with Crippen LogP contribution in [-0.4, -0.2) is 30.6 Å². The first-order chi connectivity index (χ1) is 9.65. The summed E-state index contributed by atoms with van der Waals surface area (Å²) < 4.78 is 30.2. The number of nitrogens with zero attached hydrogens (tertiary/aromatic N) is 1. The van der Waals surface area contributed by atoms with Crippen molar-refractivity contribution >= 4 is 5.91 Å². The molecule has 4 nitrogen and oxygen atoms in total. The number of carbonyl (C=O) groups is 1. The van der Waals surface area contributed by atoms with Crippen LogP contribution >= 0.6 is 0 Å². The first-order valence-electron chi connectivity index (χ1n) is 6.60. The molecule has 110 valence electrons. The van der Waals surface area contributed by atoms with Crippen LogP contribution in [0, 0.1) is 0 Å². The topological polar surface area (TPSA) is 38.8 Å². The van der Waals surface area contributed by atoms with Crippen molar-refractivity contribution in [2.45, 2.75) is 32.4 Å². The molecule has 1 unspecified atom stereocenters. The first kappa shape index (κ1) is 14.9. The van der Waals surface area contributed by atoms with Crippen molar-refractivity contribution in [3.05, 3.63) is 35.4 Å². The van der Waals surface area contributed by atoms with Gasteiger partial charge in [-0.2, -0.15) is 5.06 Å². The summed E-state index contributed by atoms with van der Waals surface area (Å²) in [5.74, 6) is -0.442. The Morgan fingerprint density at radius 3 is 2.80 bits per heavy atom. The Hall–Kier alpha value is -1.53. The molecule has 0 saturated heterocycles. The molecule has 0 aromatic heterocycles. The van der Waals surface area contributed by atoms with E-state index >= 15 is 0 Å². The second-order valence-electron chi connectivity index (χ2n) is 4.48. The molecule has 0 saturated carbocycles. The van der Waals surface area contributed by atoms with Crippen LogP contribution < -0.4 is 0 Å². The molecular formula is C14H17F2NO3. The van der Waals surface area contributed by atoms with Crippen molar-refractivity contribution in [3.8, 4) is 0 Å². The number of ether oxygens (including phenoxy) is 1. The van der Waals surface area contributed by atoms with E-state index in [0.29, 0.717) is 17.7 Å². The predicted molar refractivity (Wildman–Crippen MR) is 68.2 cm³/mol. The lowest BCUT2D eigenvalue weighted by molar-refractivity contribution is -0.230. The van der Waals surface area contributed by atoms with Crippen molar-refractivity contribution in [3.63, 3.8) is 0 Å². The summed E-state index contributed by atoms with van der Waals surface area (Å²) in [6.07, 6.45) is -1.61. The maximum Gasteiger partial charge on any atom is 0.280 e. The average molecular weight is 285 g/mol. The van der Waals surface area contributed by atoms with Gasteiger partial charge >= 0.3 is 0 Å². The number of halogens is 2. The number of hydroxylamine groups is 2. The lowest BCUT2D eigenvalue weighted by Gasteiger charge is -2.24. The zero-order chi connectivity index (χ0) is 14.5. The van der Waals surface area contributed by atoms with Gasteiger partial charge in [0.15, 0.2) is 6.23 Å². The Labute approximate surface area is 116 Å². The number of amides is 1. The monoisotopic (exact) mass is 285 g/mol. The first-order valence-corrected chi connectivity index (χ1v) is 6.60. The van der Waals surface area contributed by atoms with Crippen molar-refractivity contribution < 1.29 is 23.1 Å². The third-order valence-electron chi connectivity index (χ3n) is 2.98. The van der Waals surface area contributed by atoms with Gasteiger partial charge in [0, 0.05) is 17.7 Å². The standard InChI is InChI=1S/C14H17F2NO3/c1-2-3-8-19-14-11-7-5-4-6-10(11)13(18)17(14)20-9-12(15)16/h4-7,12,14H,2-3,8-9H2,1H3. The molecular weight excluding hydrogens is 268 g/mol. The molecule has 0 aliphatic carbocycles. The van der Waals surface area contributed by atoms with Crippen LogP contribution in [-0.2, 0) is 9.57 Å². The highest BCUT2D eigenvalue weighted by molar-refractivity contribution is 5.98. The van der Waals surface area contributed by atoms with Crippen LogP contribution in [0.3, 0.4) is 0 Å². The molecule has 0 bridgehead atoms. The van der Waals surface area contributed by atoms with Gasteiger partial charge in [-0.3, -0.25) is 9.63 Å². The Balaban J connectivity index is 2.14. The summed E-state index contributed by atoms with van der Waals surface area (Å²) in [4.78, 5) is 17.0. The SMILES string of the molecule is CCCCOC1c2ccccc2C(=O)N1OCC(F)F. The summed E-state index contributed by atoms with van der Waals surface area (Å²) in [6, 6.07) is 6.88. The second-order valence-corrected chi connectivity index (χ2v) is 4.48. The van der Waals surface area contributed by atoms with E-state index in [9.17, 15) is 13.6 Å². The fraction of sp³-hybridized carbons (Fsp3) is 0.500. The molecule has 1 aromatic carbocycles. The molecule has 1 atom stereocenters. The van der Waals surface area contributed by atoms with Crippen molar-refractivity contribution in [2.24, 2.45) is 0 Å². The van der Waals surface area contributed by atoms with Crippen LogP contribution in [0.2, 0.25) is 0 Å². The summed E-state index contributed by atoms with van der Waals surface area (Å²) in [7, 11) is 0. The highest BCUT2D eigenvalue weighted by Crippen LogP contribution is 2.34. The molecule has 1 aliphatic rings. The molecule has 1 heterocycles. The fourth-order valence-electron chi connectivity index (χ4n) is 2.02. The van der Waals surface area contributed by atoms with E-state index in [1.807, 2.05) is 6.92 Å². The Bertz CT molecular complexity index is 467. The summed E-state index contributed by atoms with van der Waals surface area (Å²) in [6.45, 7) is 1.63. The molecule has 1 amide bonds.